The van der Waals surface area contributed by atoms with Crippen molar-refractivity contribution in [2.75, 3.05) is 6.61 Å². The molecule has 10 heteroatoms. The van der Waals surface area contributed by atoms with Crippen molar-refractivity contribution in [1.29, 1.82) is 0 Å². The topological polar surface area (TPSA) is 101 Å². The molecule has 38 heavy (non-hydrogen) atoms. The minimum Gasteiger partial charge on any atom is -0.484 e. The number of ether oxygens (including phenoxy) is 1. The first-order valence-corrected chi connectivity index (χ1v) is 12.4. The third kappa shape index (κ3) is 5.29. The number of allylic oxidation sites excluding steroid dienone is 1. The predicted octanol–water partition coefficient (Wildman–Crippen LogP) is 4.45. The van der Waals surface area contributed by atoms with Crippen LogP contribution >= 0.6 is 0 Å². The normalized spacial score (nSPS) is 18.3. The van der Waals surface area contributed by atoms with E-state index in [2.05, 4.69) is 25.5 Å². The van der Waals surface area contributed by atoms with Gasteiger partial charge in [-0.15, -0.1) is 0 Å². The summed E-state index contributed by atoms with van der Waals surface area (Å²) in [6.07, 6.45) is 6.67. The Hall–Kier alpha value is -4.47. The molecule has 3 heterocycles. The summed E-state index contributed by atoms with van der Waals surface area (Å²) in [6, 6.07) is 13.3. The van der Waals surface area contributed by atoms with Crippen molar-refractivity contribution in [2.24, 2.45) is 15.0 Å². The SMILES string of the molecule is O=C(COc1ccc(-c2cc(CC3CC=C4N=C(c5cccc(F)c5F)N=C4C=N3)on2)cc1)NC1CC1. The zero-order valence-corrected chi connectivity index (χ0v) is 20.2. The smallest absolute Gasteiger partial charge is 0.258 e. The van der Waals surface area contributed by atoms with Gasteiger partial charge in [-0.3, -0.25) is 9.79 Å². The summed E-state index contributed by atoms with van der Waals surface area (Å²) in [4.78, 5) is 25.1. The number of halogens is 2. The number of hydrogen-bond donors (Lipinski definition) is 1. The van der Waals surface area contributed by atoms with Crippen molar-refractivity contribution in [3.8, 4) is 17.0 Å². The molecule has 3 aliphatic rings. The Morgan fingerprint density at radius 1 is 1.11 bits per heavy atom. The molecule has 1 aromatic heterocycles. The fraction of sp³-hybridized carbons (Fsp3) is 0.250. The molecule has 1 unspecified atom stereocenters. The van der Waals surface area contributed by atoms with Crippen molar-refractivity contribution >= 4 is 23.7 Å². The predicted molar refractivity (Wildman–Crippen MR) is 138 cm³/mol. The molecule has 0 radical (unpaired) electrons. The van der Waals surface area contributed by atoms with Crippen LogP contribution in [0.1, 0.15) is 30.6 Å². The van der Waals surface area contributed by atoms with Crippen LogP contribution in [-0.4, -0.2) is 47.5 Å². The molecular formula is C28H23F2N5O3. The minimum atomic E-state index is -0.970. The van der Waals surface area contributed by atoms with Gasteiger partial charge in [0, 0.05) is 30.3 Å². The first kappa shape index (κ1) is 23.9. The number of nitrogens with one attached hydrogen (secondary N) is 1. The van der Waals surface area contributed by atoms with E-state index in [0.29, 0.717) is 47.5 Å². The first-order chi connectivity index (χ1) is 18.5. The van der Waals surface area contributed by atoms with Gasteiger partial charge in [0.2, 0.25) is 0 Å². The number of carbonyl (C=O) groups is 1. The molecule has 3 aromatic rings. The molecular weight excluding hydrogens is 492 g/mol. The van der Waals surface area contributed by atoms with Crippen molar-refractivity contribution in [2.45, 2.75) is 37.8 Å². The van der Waals surface area contributed by atoms with Crippen molar-refractivity contribution in [3.63, 3.8) is 0 Å². The Kier molecular flexibility index (Phi) is 6.36. The fourth-order valence-corrected chi connectivity index (χ4v) is 4.18. The van der Waals surface area contributed by atoms with Gasteiger partial charge in [-0.25, -0.2) is 18.8 Å². The van der Waals surface area contributed by atoms with E-state index >= 15 is 0 Å². The van der Waals surface area contributed by atoms with Gasteiger partial charge in [0.15, 0.2) is 24.1 Å². The second-order valence-corrected chi connectivity index (χ2v) is 9.33. The molecule has 1 saturated carbocycles. The van der Waals surface area contributed by atoms with E-state index < -0.39 is 11.6 Å². The Labute approximate surface area is 216 Å². The molecule has 1 N–H and O–H groups in total. The Bertz CT molecular complexity index is 1500. The van der Waals surface area contributed by atoms with E-state index in [4.69, 9.17) is 9.26 Å². The largest absolute Gasteiger partial charge is 0.484 e. The molecule has 0 saturated heterocycles. The molecule has 1 atom stereocenters. The summed E-state index contributed by atoms with van der Waals surface area (Å²) < 4.78 is 38.8. The van der Waals surface area contributed by atoms with Crippen LogP contribution in [0.3, 0.4) is 0 Å². The number of nitrogens with zero attached hydrogens (tertiary/aromatic N) is 4. The number of amidine groups is 1. The molecule has 2 aromatic carbocycles. The van der Waals surface area contributed by atoms with Crippen LogP contribution in [0.5, 0.6) is 5.75 Å². The van der Waals surface area contributed by atoms with Gasteiger partial charge in [0.1, 0.15) is 22.9 Å². The van der Waals surface area contributed by atoms with Gasteiger partial charge in [-0.1, -0.05) is 17.3 Å². The number of hydrogen-bond acceptors (Lipinski definition) is 7. The number of rotatable bonds is 8. The molecule has 1 fully saturated rings. The van der Waals surface area contributed by atoms with E-state index in [9.17, 15) is 13.6 Å². The maximum Gasteiger partial charge on any atom is 0.258 e. The zero-order valence-electron chi connectivity index (χ0n) is 20.2. The van der Waals surface area contributed by atoms with E-state index in [-0.39, 0.29) is 30.0 Å². The van der Waals surface area contributed by atoms with Crippen molar-refractivity contribution in [3.05, 3.63) is 83.3 Å². The summed E-state index contributed by atoms with van der Waals surface area (Å²) in [5.41, 5.74) is 2.65. The van der Waals surface area contributed by atoms with Crippen LogP contribution in [0.4, 0.5) is 8.78 Å². The quantitative estimate of drug-likeness (QED) is 0.479. The van der Waals surface area contributed by atoms with Gasteiger partial charge in [-0.2, -0.15) is 0 Å². The molecule has 0 spiro atoms. The minimum absolute atomic E-state index is 0.0111. The Morgan fingerprint density at radius 3 is 2.76 bits per heavy atom. The molecule has 2 aliphatic heterocycles. The maximum atomic E-state index is 14.1. The molecule has 0 bridgehead atoms. The van der Waals surface area contributed by atoms with E-state index in [1.165, 1.54) is 12.1 Å². The summed E-state index contributed by atoms with van der Waals surface area (Å²) in [5.74, 6) is -0.614. The van der Waals surface area contributed by atoms with Crippen LogP contribution in [0.25, 0.3) is 11.3 Å². The highest BCUT2D eigenvalue weighted by atomic mass is 19.2. The van der Waals surface area contributed by atoms with E-state index in [1.54, 1.807) is 18.3 Å². The van der Waals surface area contributed by atoms with Crippen LogP contribution in [0.15, 0.2) is 79.8 Å². The van der Waals surface area contributed by atoms with E-state index in [1.807, 2.05) is 24.3 Å². The highest BCUT2D eigenvalue weighted by Gasteiger charge is 2.24. The van der Waals surface area contributed by atoms with Crippen molar-refractivity contribution < 1.29 is 22.8 Å². The molecule has 192 valence electrons. The Balaban J connectivity index is 1.06. The lowest BCUT2D eigenvalue weighted by atomic mass is 10.1. The number of benzene rings is 2. The third-order valence-corrected chi connectivity index (χ3v) is 6.36. The van der Waals surface area contributed by atoms with Crippen LogP contribution in [0, 0.1) is 11.6 Å². The van der Waals surface area contributed by atoms with Crippen LogP contribution < -0.4 is 10.1 Å². The standard InChI is InChI=1S/C28H23F2N5O3/c29-22-3-1-2-21(27(22)30)28-33-23-11-8-18(31-14-25(23)34-28)12-20-13-24(35-38-20)16-4-9-19(10-5-16)37-15-26(36)32-17-6-7-17/h1-5,9-11,13-14,17-18H,6-8,12,15H2,(H,32,36). The lowest BCUT2D eigenvalue weighted by Gasteiger charge is -2.07. The lowest BCUT2D eigenvalue weighted by molar-refractivity contribution is -0.123. The number of aliphatic imine (C=N–C) groups is 3. The maximum absolute atomic E-state index is 14.1. The molecule has 6 rings (SSSR count). The number of amides is 1. The van der Waals surface area contributed by atoms with Gasteiger partial charge in [0.25, 0.3) is 5.91 Å². The summed E-state index contributed by atoms with van der Waals surface area (Å²) in [6.45, 7) is -0.0111. The highest BCUT2D eigenvalue weighted by molar-refractivity contribution is 6.43. The number of carbonyl (C=O) groups excluding carboxylic acids is 1. The monoisotopic (exact) mass is 515 g/mol. The van der Waals surface area contributed by atoms with Gasteiger partial charge in [-0.05, 0) is 55.7 Å². The second-order valence-electron chi connectivity index (χ2n) is 9.33. The van der Waals surface area contributed by atoms with Gasteiger partial charge in [0.05, 0.1) is 17.3 Å². The average molecular weight is 516 g/mol. The zero-order chi connectivity index (χ0) is 26.1. The lowest BCUT2D eigenvalue weighted by Crippen LogP contribution is -2.30. The van der Waals surface area contributed by atoms with Crippen LogP contribution in [-0.2, 0) is 11.2 Å². The fourth-order valence-electron chi connectivity index (χ4n) is 4.18. The Morgan fingerprint density at radius 2 is 1.95 bits per heavy atom. The molecule has 1 aliphatic carbocycles. The number of fused-ring (bicyclic) bond motifs is 1. The first-order valence-electron chi connectivity index (χ1n) is 12.4. The molecule has 8 nitrogen and oxygen atoms in total. The van der Waals surface area contributed by atoms with Crippen LogP contribution in [0.2, 0.25) is 0 Å². The summed E-state index contributed by atoms with van der Waals surface area (Å²) in [7, 11) is 0. The van der Waals surface area contributed by atoms with E-state index in [0.717, 1.165) is 24.5 Å². The highest BCUT2D eigenvalue weighted by Crippen LogP contribution is 2.26. The summed E-state index contributed by atoms with van der Waals surface area (Å²) in [5, 5.41) is 7.06. The van der Waals surface area contributed by atoms with Crippen molar-refractivity contribution in [1.82, 2.24) is 10.5 Å². The third-order valence-electron chi connectivity index (χ3n) is 6.36. The second kappa shape index (κ2) is 10.1. The van der Waals surface area contributed by atoms with Gasteiger partial charge < -0.3 is 14.6 Å². The average Bonchev–Trinajstić information content (AvgIpc) is 3.51. The molecule has 1 amide bonds. The summed E-state index contributed by atoms with van der Waals surface area (Å²) >= 11 is 0. The van der Waals surface area contributed by atoms with Gasteiger partial charge >= 0.3 is 0 Å². The number of aromatic nitrogens is 1.